The van der Waals surface area contributed by atoms with Crippen LogP contribution in [0.15, 0.2) is 35.2 Å². The summed E-state index contributed by atoms with van der Waals surface area (Å²) < 4.78 is 0. The average Bonchev–Trinajstić information content (AvgIpc) is 2.90. The average molecular weight is 261 g/mol. The largest absolute Gasteiger partial charge is 0.373 e. The van der Waals surface area contributed by atoms with Crippen LogP contribution in [0.4, 0.5) is 5.69 Å². The van der Waals surface area contributed by atoms with Gasteiger partial charge in [0.2, 0.25) is 0 Å². The van der Waals surface area contributed by atoms with Gasteiger partial charge in [-0.25, -0.2) is 0 Å². The summed E-state index contributed by atoms with van der Waals surface area (Å²) in [5, 5.41) is 4.21. The molecule has 0 spiro atoms. The van der Waals surface area contributed by atoms with Crippen molar-refractivity contribution in [1.29, 1.82) is 0 Å². The third-order valence-electron chi connectivity index (χ3n) is 2.88. The lowest BCUT2D eigenvalue weighted by atomic mass is 10.2. The number of hydrogen-bond acceptors (Lipinski definition) is 4. The molecule has 2 aromatic heterocycles. The maximum Gasteiger partial charge on any atom is 0.0730 e. The van der Waals surface area contributed by atoms with E-state index in [9.17, 15) is 0 Å². The number of thiophene rings is 1. The molecule has 96 valence electrons. The van der Waals surface area contributed by atoms with Gasteiger partial charge < -0.3 is 9.80 Å². The minimum atomic E-state index is 1.01. The number of pyridine rings is 1. The summed E-state index contributed by atoms with van der Waals surface area (Å²) >= 11 is 1.70. The van der Waals surface area contributed by atoms with Gasteiger partial charge in [-0.1, -0.05) is 0 Å². The van der Waals surface area contributed by atoms with E-state index in [1.807, 2.05) is 6.20 Å². The van der Waals surface area contributed by atoms with Crippen molar-refractivity contribution in [2.75, 3.05) is 39.1 Å². The summed E-state index contributed by atoms with van der Waals surface area (Å²) in [6, 6.07) is 6.32. The van der Waals surface area contributed by atoms with Crippen molar-refractivity contribution < 1.29 is 0 Å². The lowest BCUT2D eigenvalue weighted by Gasteiger charge is -2.21. The molecule has 0 aliphatic carbocycles. The molecule has 2 aromatic rings. The Labute approximate surface area is 113 Å². The molecule has 3 nitrogen and oxygen atoms in total. The fraction of sp³-hybridized carbons (Fsp3) is 0.357. The van der Waals surface area contributed by atoms with Crippen LogP contribution < -0.4 is 4.90 Å². The zero-order valence-electron chi connectivity index (χ0n) is 11.1. The third-order valence-corrected chi connectivity index (χ3v) is 3.57. The van der Waals surface area contributed by atoms with Gasteiger partial charge in [-0.3, -0.25) is 4.98 Å². The van der Waals surface area contributed by atoms with Crippen molar-refractivity contribution in [1.82, 2.24) is 9.88 Å². The second-order valence-electron chi connectivity index (χ2n) is 4.64. The molecule has 18 heavy (non-hydrogen) atoms. The van der Waals surface area contributed by atoms with Gasteiger partial charge in [0.15, 0.2) is 0 Å². The molecule has 0 fully saturated rings. The van der Waals surface area contributed by atoms with Crippen LogP contribution in [-0.2, 0) is 0 Å². The van der Waals surface area contributed by atoms with Crippen LogP contribution in [0.25, 0.3) is 11.3 Å². The molecule has 0 saturated carbocycles. The van der Waals surface area contributed by atoms with Crippen molar-refractivity contribution in [2.45, 2.75) is 0 Å². The molecule has 0 aromatic carbocycles. The summed E-state index contributed by atoms with van der Waals surface area (Å²) in [4.78, 5) is 8.88. The highest BCUT2D eigenvalue weighted by atomic mass is 32.1. The fourth-order valence-electron chi connectivity index (χ4n) is 1.70. The monoisotopic (exact) mass is 261 g/mol. The van der Waals surface area contributed by atoms with Crippen molar-refractivity contribution in [3.63, 3.8) is 0 Å². The number of nitrogens with zero attached hydrogens (tertiary/aromatic N) is 3. The van der Waals surface area contributed by atoms with Crippen molar-refractivity contribution >= 4 is 17.0 Å². The first-order valence-electron chi connectivity index (χ1n) is 6.01. The second-order valence-corrected chi connectivity index (χ2v) is 5.42. The van der Waals surface area contributed by atoms with Gasteiger partial charge in [-0.2, -0.15) is 11.3 Å². The molecule has 0 N–H and O–H groups in total. The molecule has 4 heteroatoms. The predicted molar refractivity (Wildman–Crippen MR) is 79.4 cm³/mol. The summed E-state index contributed by atoms with van der Waals surface area (Å²) in [5.74, 6) is 0. The van der Waals surface area contributed by atoms with E-state index in [-0.39, 0.29) is 0 Å². The molecule has 0 aliphatic rings. The quantitative estimate of drug-likeness (QED) is 0.825. The summed E-state index contributed by atoms with van der Waals surface area (Å²) in [6.45, 7) is 2.06. The predicted octanol–water partition coefficient (Wildman–Crippen LogP) is 2.81. The van der Waals surface area contributed by atoms with Crippen LogP contribution in [0, 0.1) is 0 Å². The zero-order chi connectivity index (χ0) is 13.0. The van der Waals surface area contributed by atoms with E-state index in [4.69, 9.17) is 0 Å². The summed E-state index contributed by atoms with van der Waals surface area (Å²) in [5.41, 5.74) is 3.46. The van der Waals surface area contributed by atoms with Crippen LogP contribution in [0.3, 0.4) is 0 Å². The maximum atomic E-state index is 4.43. The molecule has 0 aliphatic heterocycles. The number of anilines is 1. The first kappa shape index (κ1) is 13.1. The van der Waals surface area contributed by atoms with E-state index in [1.165, 1.54) is 11.3 Å². The Morgan fingerprint density at radius 3 is 2.67 bits per heavy atom. The van der Waals surface area contributed by atoms with Gasteiger partial charge in [0.05, 0.1) is 5.69 Å². The summed E-state index contributed by atoms with van der Waals surface area (Å²) in [7, 11) is 6.31. The lowest BCUT2D eigenvalue weighted by Crippen LogP contribution is -2.28. The molecule has 0 bridgehead atoms. The first-order chi connectivity index (χ1) is 8.66. The SMILES string of the molecule is CN(C)CCN(C)c1ccnc(-c2ccsc2)c1. The van der Waals surface area contributed by atoms with Crippen LogP contribution in [0.2, 0.25) is 0 Å². The number of likely N-dealkylation sites (N-methyl/N-ethyl adjacent to an activating group) is 2. The molecule has 0 unspecified atom stereocenters. The Morgan fingerprint density at radius 2 is 2.00 bits per heavy atom. The van der Waals surface area contributed by atoms with Crippen LogP contribution in [0.1, 0.15) is 0 Å². The molecular weight excluding hydrogens is 242 g/mol. The Balaban J connectivity index is 2.12. The molecule has 0 saturated heterocycles. The van der Waals surface area contributed by atoms with Crippen LogP contribution in [0.5, 0.6) is 0 Å². The smallest absolute Gasteiger partial charge is 0.0730 e. The Morgan fingerprint density at radius 1 is 1.17 bits per heavy atom. The van der Waals surface area contributed by atoms with Crippen molar-refractivity contribution in [3.05, 3.63) is 35.2 Å². The van der Waals surface area contributed by atoms with Gasteiger partial charge in [0.1, 0.15) is 0 Å². The Kier molecular flexibility index (Phi) is 4.33. The van der Waals surface area contributed by atoms with Crippen LogP contribution in [-0.4, -0.2) is 44.1 Å². The van der Waals surface area contributed by atoms with Crippen molar-refractivity contribution in [3.8, 4) is 11.3 Å². The fourth-order valence-corrected chi connectivity index (χ4v) is 2.35. The number of hydrogen-bond donors (Lipinski definition) is 0. The second kappa shape index (κ2) is 5.98. The minimum Gasteiger partial charge on any atom is -0.373 e. The van der Waals surface area contributed by atoms with Gasteiger partial charge in [-0.05, 0) is 37.7 Å². The van der Waals surface area contributed by atoms with Crippen molar-refractivity contribution in [2.24, 2.45) is 0 Å². The highest BCUT2D eigenvalue weighted by Gasteiger charge is 2.05. The first-order valence-corrected chi connectivity index (χ1v) is 6.95. The Hall–Kier alpha value is -1.39. The van der Waals surface area contributed by atoms with E-state index in [2.05, 4.69) is 64.9 Å². The van der Waals surface area contributed by atoms with Gasteiger partial charge in [0.25, 0.3) is 0 Å². The molecule has 2 rings (SSSR count). The van der Waals surface area contributed by atoms with E-state index in [0.29, 0.717) is 0 Å². The Bertz CT molecular complexity index is 480. The van der Waals surface area contributed by atoms with Gasteiger partial charge >= 0.3 is 0 Å². The number of aromatic nitrogens is 1. The topological polar surface area (TPSA) is 19.4 Å². The van der Waals surface area contributed by atoms with E-state index >= 15 is 0 Å². The molecular formula is C14H19N3S. The standard InChI is InChI=1S/C14H19N3S/c1-16(2)7-8-17(3)13-4-6-15-14(10-13)12-5-9-18-11-12/h4-6,9-11H,7-8H2,1-3H3. The lowest BCUT2D eigenvalue weighted by molar-refractivity contribution is 0.416. The number of rotatable bonds is 5. The molecule has 0 amide bonds. The van der Waals surface area contributed by atoms with Crippen LogP contribution >= 0.6 is 11.3 Å². The van der Waals surface area contributed by atoms with E-state index < -0.39 is 0 Å². The van der Waals surface area contributed by atoms with E-state index in [0.717, 1.165) is 18.8 Å². The highest BCUT2D eigenvalue weighted by Crippen LogP contribution is 2.23. The molecule has 2 heterocycles. The zero-order valence-corrected chi connectivity index (χ0v) is 11.9. The molecule has 0 atom stereocenters. The van der Waals surface area contributed by atoms with Gasteiger partial charge in [-0.15, -0.1) is 0 Å². The molecule has 0 radical (unpaired) electrons. The van der Waals surface area contributed by atoms with Gasteiger partial charge in [0, 0.05) is 43.0 Å². The maximum absolute atomic E-state index is 4.43. The summed E-state index contributed by atoms with van der Waals surface area (Å²) in [6.07, 6.45) is 1.88. The van der Waals surface area contributed by atoms with E-state index in [1.54, 1.807) is 11.3 Å². The normalized spacial score (nSPS) is 10.9. The third kappa shape index (κ3) is 3.31. The highest BCUT2D eigenvalue weighted by molar-refractivity contribution is 7.08. The minimum absolute atomic E-state index is 1.01.